The number of ether oxygens (including phenoxy) is 1. The average molecular weight is 309 g/mol. The molecule has 1 saturated heterocycles. The van der Waals surface area contributed by atoms with Gasteiger partial charge in [0.2, 0.25) is 0 Å². The molecule has 2 N–H and O–H groups in total. The number of nitrogens with zero attached hydrogens (tertiary/aromatic N) is 1. The molecule has 5 nitrogen and oxygen atoms in total. The van der Waals surface area contributed by atoms with E-state index in [1.54, 1.807) is 12.0 Å². The van der Waals surface area contributed by atoms with Crippen molar-refractivity contribution >= 4 is 29.2 Å². The number of imidazole rings is 1. The van der Waals surface area contributed by atoms with Crippen molar-refractivity contribution in [3.63, 3.8) is 0 Å². The van der Waals surface area contributed by atoms with Crippen LogP contribution >= 0.6 is 12.2 Å². The third-order valence-electron chi connectivity index (χ3n) is 3.82. The number of hydrogen-bond donors (Lipinski definition) is 2. The minimum absolute atomic E-state index is 0.0384. The van der Waals surface area contributed by atoms with Gasteiger partial charge >= 0.3 is 0 Å². The molecule has 1 aliphatic heterocycles. The molecule has 1 amide bonds. The molecule has 1 atom stereocenters. The van der Waals surface area contributed by atoms with Crippen molar-refractivity contribution in [1.29, 1.82) is 0 Å². The van der Waals surface area contributed by atoms with Crippen molar-refractivity contribution in [2.75, 3.05) is 20.2 Å². The van der Waals surface area contributed by atoms with E-state index in [9.17, 15) is 9.18 Å². The van der Waals surface area contributed by atoms with E-state index >= 15 is 0 Å². The summed E-state index contributed by atoms with van der Waals surface area (Å²) in [5, 5.41) is 0. The van der Waals surface area contributed by atoms with Crippen LogP contribution in [0.5, 0.6) is 0 Å². The molecule has 0 saturated carbocycles. The molecule has 7 heteroatoms. The third-order valence-corrected chi connectivity index (χ3v) is 4.02. The summed E-state index contributed by atoms with van der Waals surface area (Å²) >= 11 is 5.02. The monoisotopic (exact) mass is 309 g/mol. The Balaban J connectivity index is 1.99. The summed E-state index contributed by atoms with van der Waals surface area (Å²) in [4.78, 5) is 20.1. The van der Waals surface area contributed by atoms with Crippen LogP contribution in [0.15, 0.2) is 12.1 Å². The van der Waals surface area contributed by atoms with Gasteiger partial charge in [0.15, 0.2) is 4.77 Å². The van der Waals surface area contributed by atoms with Crippen LogP contribution in [-0.2, 0) is 4.74 Å². The van der Waals surface area contributed by atoms with Crippen LogP contribution < -0.4 is 0 Å². The van der Waals surface area contributed by atoms with Crippen molar-refractivity contribution in [1.82, 2.24) is 14.9 Å². The summed E-state index contributed by atoms with van der Waals surface area (Å²) in [6, 6.07) is 2.58. The Hall–Kier alpha value is -1.73. The summed E-state index contributed by atoms with van der Waals surface area (Å²) in [6.45, 7) is 1.18. The molecule has 0 aliphatic carbocycles. The van der Waals surface area contributed by atoms with E-state index < -0.39 is 5.82 Å². The summed E-state index contributed by atoms with van der Waals surface area (Å²) < 4.78 is 19.4. The molecule has 0 spiro atoms. The summed E-state index contributed by atoms with van der Waals surface area (Å²) in [6.07, 6.45) is 1.86. The summed E-state index contributed by atoms with van der Waals surface area (Å²) in [7, 11) is 1.64. The van der Waals surface area contributed by atoms with Gasteiger partial charge in [0.1, 0.15) is 5.82 Å². The fourth-order valence-corrected chi connectivity index (χ4v) is 2.97. The molecule has 2 aromatic rings. The second kappa shape index (κ2) is 5.57. The van der Waals surface area contributed by atoms with Crippen LogP contribution in [0.1, 0.15) is 23.2 Å². The van der Waals surface area contributed by atoms with Gasteiger partial charge in [-0.3, -0.25) is 4.79 Å². The first-order valence-corrected chi connectivity index (χ1v) is 7.23. The smallest absolute Gasteiger partial charge is 0.256 e. The van der Waals surface area contributed by atoms with Crippen LogP contribution in [0.4, 0.5) is 4.39 Å². The second-order valence-electron chi connectivity index (χ2n) is 5.21. The van der Waals surface area contributed by atoms with Gasteiger partial charge in [0.05, 0.1) is 22.7 Å². The number of aromatic nitrogens is 2. The number of rotatable bonds is 2. The standard InChI is InChI=1S/C14H16FN3O2S/c1-20-9-3-2-4-18(7-9)13(19)10-5-8(15)6-11-12(10)17-14(21)16-11/h5-6,9H,2-4,7H2,1H3,(H2,16,17,21). The van der Waals surface area contributed by atoms with E-state index in [1.807, 2.05) is 0 Å². The number of fused-ring (bicyclic) bond motifs is 1. The first-order valence-electron chi connectivity index (χ1n) is 6.82. The quantitative estimate of drug-likeness (QED) is 0.838. The Morgan fingerprint density at radius 3 is 3.05 bits per heavy atom. The number of nitrogens with one attached hydrogen (secondary N) is 2. The molecule has 1 fully saturated rings. The maximum atomic E-state index is 13.7. The second-order valence-corrected chi connectivity index (χ2v) is 5.61. The molecule has 1 aromatic carbocycles. The lowest BCUT2D eigenvalue weighted by atomic mass is 10.1. The van der Waals surface area contributed by atoms with Crippen molar-refractivity contribution in [2.45, 2.75) is 18.9 Å². The molecule has 1 aliphatic rings. The zero-order valence-electron chi connectivity index (χ0n) is 11.6. The molecule has 3 rings (SSSR count). The van der Waals surface area contributed by atoms with E-state index in [2.05, 4.69) is 9.97 Å². The predicted molar refractivity (Wildman–Crippen MR) is 79.4 cm³/mol. The zero-order valence-corrected chi connectivity index (χ0v) is 12.4. The maximum absolute atomic E-state index is 13.7. The van der Waals surface area contributed by atoms with Gasteiger partial charge in [-0.15, -0.1) is 0 Å². The number of aromatic amines is 2. The highest BCUT2D eigenvalue weighted by Crippen LogP contribution is 2.22. The van der Waals surface area contributed by atoms with Gasteiger partial charge in [0.25, 0.3) is 5.91 Å². The van der Waals surface area contributed by atoms with Crippen LogP contribution in [-0.4, -0.2) is 47.1 Å². The van der Waals surface area contributed by atoms with E-state index in [0.717, 1.165) is 12.8 Å². The number of amides is 1. The molecule has 0 bridgehead atoms. The Bertz CT molecular complexity index is 739. The largest absolute Gasteiger partial charge is 0.380 e. The molecule has 1 aromatic heterocycles. The molecule has 1 unspecified atom stereocenters. The number of H-pyrrole nitrogens is 2. The van der Waals surface area contributed by atoms with E-state index in [-0.39, 0.29) is 12.0 Å². The Kier molecular flexibility index (Phi) is 3.77. The first-order chi connectivity index (χ1) is 10.1. The van der Waals surface area contributed by atoms with Crippen LogP contribution in [0.2, 0.25) is 0 Å². The van der Waals surface area contributed by atoms with Gasteiger partial charge in [-0.2, -0.15) is 0 Å². The summed E-state index contributed by atoms with van der Waals surface area (Å²) in [5.74, 6) is -0.664. The fourth-order valence-electron chi connectivity index (χ4n) is 2.76. The fraction of sp³-hybridized carbons (Fsp3) is 0.429. The van der Waals surface area contributed by atoms with Gasteiger partial charge in [-0.05, 0) is 37.2 Å². The van der Waals surface area contributed by atoms with Crippen molar-refractivity contribution < 1.29 is 13.9 Å². The first kappa shape index (κ1) is 14.2. The lowest BCUT2D eigenvalue weighted by Gasteiger charge is -2.32. The Labute approximate surface area is 126 Å². The SMILES string of the molecule is COC1CCCN(C(=O)c2cc(F)cc3[nH]c(=S)[nH]c23)C1. The Morgan fingerprint density at radius 1 is 1.48 bits per heavy atom. The minimum Gasteiger partial charge on any atom is -0.380 e. The van der Waals surface area contributed by atoms with Crippen LogP contribution in [0, 0.1) is 10.6 Å². The number of likely N-dealkylation sites (tertiary alicyclic amines) is 1. The highest BCUT2D eigenvalue weighted by molar-refractivity contribution is 7.71. The summed E-state index contributed by atoms with van der Waals surface area (Å²) in [5.41, 5.74) is 1.35. The lowest BCUT2D eigenvalue weighted by molar-refractivity contribution is 0.0269. The number of halogens is 1. The number of piperidine rings is 1. The van der Waals surface area contributed by atoms with Crippen LogP contribution in [0.25, 0.3) is 11.0 Å². The number of benzene rings is 1. The van der Waals surface area contributed by atoms with Gasteiger partial charge in [-0.25, -0.2) is 4.39 Å². The highest BCUT2D eigenvalue weighted by Gasteiger charge is 2.26. The molecule has 112 valence electrons. The number of hydrogen-bond acceptors (Lipinski definition) is 3. The van der Waals surface area contributed by atoms with Gasteiger partial charge in [0, 0.05) is 20.2 Å². The average Bonchev–Trinajstić information content (AvgIpc) is 2.85. The van der Waals surface area contributed by atoms with E-state index in [0.29, 0.717) is 34.5 Å². The molecule has 21 heavy (non-hydrogen) atoms. The van der Waals surface area contributed by atoms with Crippen molar-refractivity contribution in [3.8, 4) is 0 Å². The highest BCUT2D eigenvalue weighted by atomic mass is 32.1. The van der Waals surface area contributed by atoms with E-state index in [4.69, 9.17) is 17.0 Å². The molecular weight excluding hydrogens is 293 g/mol. The van der Waals surface area contributed by atoms with Gasteiger partial charge in [-0.1, -0.05) is 0 Å². The number of carbonyl (C=O) groups is 1. The number of carbonyl (C=O) groups excluding carboxylic acids is 1. The topological polar surface area (TPSA) is 61.1 Å². The molecule has 0 radical (unpaired) electrons. The predicted octanol–water partition coefficient (Wildman–Crippen LogP) is 2.62. The normalized spacial score (nSPS) is 19.1. The number of methoxy groups -OCH3 is 1. The van der Waals surface area contributed by atoms with Gasteiger partial charge < -0.3 is 19.6 Å². The van der Waals surface area contributed by atoms with Crippen LogP contribution in [0.3, 0.4) is 0 Å². The van der Waals surface area contributed by atoms with Crippen molar-refractivity contribution in [2.24, 2.45) is 0 Å². The molecular formula is C14H16FN3O2S. The zero-order chi connectivity index (χ0) is 15.0. The minimum atomic E-state index is -0.462. The molecule has 2 heterocycles. The third kappa shape index (κ3) is 2.71. The lowest BCUT2D eigenvalue weighted by Crippen LogP contribution is -2.43. The Morgan fingerprint density at radius 2 is 2.29 bits per heavy atom. The van der Waals surface area contributed by atoms with Crippen molar-refractivity contribution in [3.05, 3.63) is 28.3 Å². The maximum Gasteiger partial charge on any atom is 0.256 e. The van der Waals surface area contributed by atoms with E-state index in [1.165, 1.54) is 12.1 Å².